The SMILES string of the molecule is CCNC(=O)CN(CC)c1cc(NC)nc(N)n1. The van der Waals surface area contributed by atoms with Crippen LogP contribution in [0.1, 0.15) is 13.8 Å². The number of nitrogens with zero attached hydrogens (tertiary/aromatic N) is 3. The minimum Gasteiger partial charge on any atom is -0.373 e. The molecule has 0 spiro atoms. The lowest BCUT2D eigenvalue weighted by molar-refractivity contribution is -0.119. The molecule has 0 fully saturated rings. The summed E-state index contributed by atoms with van der Waals surface area (Å²) < 4.78 is 0. The molecule has 1 aromatic rings. The molecule has 7 heteroatoms. The number of nitrogens with one attached hydrogen (secondary N) is 2. The van der Waals surface area contributed by atoms with E-state index in [0.717, 1.165) is 0 Å². The Morgan fingerprint density at radius 3 is 2.72 bits per heavy atom. The lowest BCUT2D eigenvalue weighted by atomic mass is 10.4. The fraction of sp³-hybridized carbons (Fsp3) is 0.545. The zero-order valence-electron chi connectivity index (χ0n) is 11.0. The van der Waals surface area contributed by atoms with Gasteiger partial charge in [-0.15, -0.1) is 0 Å². The number of nitrogens with two attached hydrogens (primary N) is 1. The highest BCUT2D eigenvalue weighted by Crippen LogP contribution is 2.16. The van der Waals surface area contributed by atoms with E-state index in [1.54, 1.807) is 13.1 Å². The molecule has 0 radical (unpaired) electrons. The van der Waals surface area contributed by atoms with E-state index < -0.39 is 0 Å². The third kappa shape index (κ3) is 3.76. The Morgan fingerprint density at radius 1 is 1.44 bits per heavy atom. The van der Waals surface area contributed by atoms with E-state index in [4.69, 9.17) is 5.73 Å². The minimum absolute atomic E-state index is 0.0393. The van der Waals surface area contributed by atoms with Crippen molar-refractivity contribution in [3.8, 4) is 0 Å². The van der Waals surface area contributed by atoms with Gasteiger partial charge in [0.15, 0.2) is 0 Å². The molecule has 0 aliphatic heterocycles. The fourth-order valence-electron chi connectivity index (χ4n) is 1.52. The van der Waals surface area contributed by atoms with Crippen molar-refractivity contribution in [2.24, 2.45) is 0 Å². The number of hydrogen-bond donors (Lipinski definition) is 3. The van der Waals surface area contributed by atoms with Crippen LogP contribution in [-0.2, 0) is 4.79 Å². The molecule has 1 rings (SSSR count). The molecule has 1 heterocycles. The second-order valence-corrected chi connectivity index (χ2v) is 3.69. The lowest BCUT2D eigenvalue weighted by Crippen LogP contribution is -2.37. The largest absolute Gasteiger partial charge is 0.373 e. The molecule has 4 N–H and O–H groups in total. The van der Waals surface area contributed by atoms with E-state index in [2.05, 4.69) is 20.6 Å². The van der Waals surface area contributed by atoms with Crippen LogP contribution in [0, 0.1) is 0 Å². The Bertz CT molecular complexity index is 409. The number of carbonyl (C=O) groups is 1. The molecule has 0 atom stereocenters. The summed E-state index contributed by atoms with van der Waals surface area (Å²) in [7, 11) is 1.76. The van der Waals surface area contributed by atoms with Crippen molar-refractivity contribution in [1.82, 2.24) is 15.3 Å². The highest BCUT2D eigenvalue weighted by Gasteiger charge is 2.12. The van der Waals surface area contributed by atoms with E-state index in [-0.39, 0.29) is 18.4 Å². The normalized spacial score (nSPS) is 9.94. The number of likely N-dealkylation sites (N-methyl/N-ethyl adjacent to an activating group) is 2. The molecule has 1 aromatic heterocycles. The Hall–Kier alpha value is -2.05. The van der Waals surface area contributed by atoms with Crippen LogP contribution in [0.15, 0.2) is 6.07 Å². The highest BCUT2D eigenvalue weighted by molar-refractivity contribution is 5.81. The van der Waals surface area contributed by atoms with E-state index in [1.165, 1.54) is 0 Å². The average Bonchev–Trinajstić information content (AvgIpc) is 2.35. The maximum Gasteiger partial charge on any atom is 0.239 e. The summed E-state index contributed by atoms with van der Waals surface area (Å²) in [5.41, 5.74) is 5.63. The first kappa shape index (κ1) is 14.0. The number of rotatable bonds is 6. The molecule has 0 saturated heterocycles. The second-order valence-electron chi connectivity index (χ2n) is 3.69. The van der Waals surface area contributed by atoms with E-state index in [9.17, 15) is 4.79 Å². The molecule has 18 heavy (non-hydrogen) atoms. The van der Waals surface area contributed by atoms with Crippen molar-refractivity contribution in [2.45, 2.75) is 13.8 Å². The molecule has 0 aliphatic carbocycles. The van der Waals surface area contributed by atoms with Gasteiger partial charge in [-0.05, 0) is 13.8 Å². The van der Waals surface area contributed by atoms with Gasteiger partial charge in [-0.25, -0.2) is 0 Å². The van der Waals surface area contributed by atoms with Gasteiger partial charge < -0.3 is 21.3 Å². The fourth-order valence-corrected chi connectivity index (χ4v) is 1.52. The van der Waals surface area contributed by atoms with Gasteiger partial charge in [-0.1, -0.05) is 0 Å². The molecule has 1 amide bonds. The number of carbonyl (C=O) groups excluding carboxylic acids is 1. The summed E-state index contributed by atoms with van der Waals surface area (Å²) in [6.45, 7) is 5.37. The van der Waals surface area contributed by atoms with Gasteiger partial charge in [0, 0.05) is 26.2 Å². The molecule has 7 nitrogen and oxygen atoms in total. The number of amides is 1. The van der Waals surface area contributed by atoms with Crippen molar-refractivity contribution < 1.29 is 4.79 Å². The standard InChI is InChI=1S/C11H20N6O/c1-4-14-10(18)7-17(5-2)9-6-8(13-3)15-11(12)16-9/h6H,4-5,7H2,1-3H3,(H,14,18)(H3,12,13,15,16). The first-order valence-corrected chi connectivity index (χ1v) is 5.94. The third-order valence-electron chi connectivity index (χ3n) is 2.40. The van der Waals surface area contributed by atoms with Crippen LogP contribution in [0.5, 0.6) is 0 Å². The van der Waals surface area contributed by atoms with Crippen molar-refractivity contribution in [3.05, 3.63) is 6.07 Å². The summed E-state index contributed by atoms with van der Waals surface area (Å²) in [5, 5.41) is 5.66. The van der Waals surface area contributed by atoms with Gasteiger partial charge in [0.05, 0.1) is 6.54 Å². The van der Waals surface area contributed by atoms with Gasteiger partial charge in [-0.2, -0.15) is 9.97 Å². The molecule has 0 unspecified atom stereocenters. The van der Waals surface area contributed by atoms with E-state index in [1.807, 2.05) is 18.7 Å². The molecule has 0 saturated carbocycles. The van der Waals surface area contributed by atoms with E-state index >= 15 is 0 Å². The van der Waals surface area contributed by atoms with E-state index in [0.29, 0.717) is 24.7 Å². The molecular weight excluding hydrogens is 232 g/mol. The van der Waals surface area contributed by atoms with Crippen LogP contribution in [0.3, 0.4) is 0 Å². The Labute approximate surface area is 107 Å². The van der Waals surface area contributed by atoms with Crippen LogP contribution in [0.4, 0.5) is 17.6 Å². The third-order valence-corrected chi connectivity index (χ3v) is 2.40. The first-order chi connectivity index (χ1) is 8.60. The molecule has 0 aromatic carbocycles. The van der Waals surface area contributed by atoms with Crippen LogP contribution in [0.25, 0.3) is 0 Å². The van der Waals surface area contributed by atoms with Crippen LogP contribution in [0.2, 0.25) is 0 Å². The number of hydrogen-bond acceptors (Lipinski definition) is 6. The maximum atomic E-state index is 11.6. The second kappa shape index (κ2) is 6.63. The van der Waals surface area contributed by atoms with Crippen molar-refractivity contribution in [1.29, 1.82) is 0 Å². The predicted molar refractivity (Wildman–Crippen MR) is 72.6 cm³/mol. The lowest BCUT2D eigenvalue weighted by Gasteiger charge is -2.21. The van der Waals surface area contributed by atoms with Crippen LogP contribution >= 0.6 is 0 Å². The summed E-state index contributed by atoms with van der Waals surface area (Å²) in [5.74, 6) is 1.42. The number of anilines is 3. The predicted octanol–water partition coefficient (Wildman–Crippen LogP) is 0.0629. The Kier molecular flexibility index (Phi) is 5.16. The number of nitrogen functional groups attached to an aromatic ring is 1. The average molecular weight is 252 g/mol. The van der Waals surface area contributed by atoms with Gasteiger partial charge in [-0.3, -0.25) is 4.79 Å². The Morgan fingerprint density at radius 2 is 2.17 bits per heavy atom. The molecule has 0 bridgehead atoms. The maximum absolute atomic E-state index is 11.6. The molecule has 0 aliphatic rings. The smallest absolute Gasteiger partial charge is 0.239 e. The quantitative estimate of drug-likeness (QED) is 0.662. The first-order valence-electron chi connectivity index (χ1n) is 5.94. The monoisotopic (exact) mass is 252 g/mol. The van der Waals surface area contributed by atoms with Crippen molar-refractivity contribution in [3.63, 3.8) is 0 Å². The zero-order valence-corrected chi connectivity index (χ0v) is 11.0. The van der Waals surface area contributed by atoms with Gasteiger partial charge in [0.2, 0.25) is 11.9 Å². The van der Waals surface area contributed by atoms with Gasteiger partial charge in [0.25, 0.3) is 0 Å². The summed E-state index contributed by atoms with van der Waals surface area (Å²) in [6, 6.07) is 1.76. The minimum atomic E-state index is -0.0393. The molecular formula is C11H20N6O. The summed E-state index contributed by atoms with van der Waals surface area (Å²) >= 11 is 0. The van der Waals surface area contributed by atoms with Crippen LogP contribution < -0.4 is 21.3 Å². The summed E-state index contributed by atoms with van der Waals surface area (Å²) in [4.78, 5) is 21.6. The highest BCUT2D eigenvalue weighted by atomic mass is 16.2. The van der Waals surface area contributed by atoms with Crippen molar-refractivity contribution >= 4 is 23.5 Å². The zero-order chi connectivity index (χ0) is 13.5. The molecule has 100 valence electrons. The van der Waals surface area contributed by atoms with Crippen molar-refractivity contribution in [2.75, 3.05) is 42.6 Å². The van der Waals surface area contributed by atoms with Crippen LogP contribution in [-0.4, -0.2) is 42.6 Å². The summed E-state index contributed by atoms with van der Waals surface area (Å²) in [6.07, 6.45) is 0. The number of aromatic nitrogens is 2. The van der Waals surface area contributed by atoms with Gasteiger partial charge >= 0.3 is 0 Å². The Balaban J connectivity index is 2.87. The topological polar surface area (TPSA) is 96.2 Å². The van der Waals surface area contributed by atoms with Gasteiger partial charge in [0.1, 0.15) is 11.6 Å².